The van der Waals surface area contributed by atoms with Crippen LogP contribution < -0.4 is 0 Å². The van der Waals surface area contributed by atoms with E-state index in [4.69, 9.17) is 0 Å². The van der Waals surface area contributed by atoms with Crippen LogP contribution in [0, 0.1) is 0 Å². The number of carbonyl (C=O) groups excluding carboxylic acids is 3. The van der Waals surface area contributed by atoms with Gasteiger partial charge in [-0.25, -0.2) is 25.3 Å². The molecule has 0 N–H and O–H groups in total. The van der Waals surface area contributed by atoms with Crippen LogP contribution in [0.4, 0.5) is 0 Å². The number of rotatable bonds is 0. The first-order valence-corrected chi connectivity index (χ1v) is 8.45. The maximum absolute atomic E-state index is 9.56. The van der Waals surface area contributed by atoms with E-state index in [9.17, 15) is 53.3 Å². The largest absolute Gasteiger partial charge is 3.00 e. The molecule has 0 aliphatic heterocycles. The molecule has 0 saturated heterocycles. The third-order valence-electron chi connectivity index (χ3n) is 1.06. The van der Waals surface area contributed by atoms with Crippen LogP contribution in [0.3, 0.4) is 0 Å². The Kier molecular flexibility index (Phi) is 14.5. The predicted molar refractivity (Wildman–Crippen MR) is 66.9 cm³/mol. The standard InChI is InChI=1S/3C2H4O4S.Al/c3*1-2(3)7(4,5)6;/h3*1H3,(H,4,5,6);/q;;;+3/p-3. The molecule has 0 spiro atoms. The van der Waals surface area contributed by atoms with E-state index in [-0.39, 0.29) is 17.4 Å². The van der Waals surface area contributed by atoms with Crippen molar-refractivity contribution in [2.24, 2.45) is 0 Å². The second-order valence-electron chi connectivity index (χ2n) is 2.84. The molecule has 0 radical (unpaired) electrons. The molecule has 0 aliphatic rings. The van der Waals surface area contributed by atoms with E-state index in [1.54, 1.807) is 0 Å². The first kappa shape index (κ1) is 29.3. The topological polar surface area (TPSA) is 223 Å². The molecule has 0 fully saturated rings. The molecule has 0 unspecified atom stereocenters. The minimum atomic E-state index is -4.63. The zero-order chi connectivity index (χ0) is 18.2. The van der Waals surface area contributed by atoms with Crippen molar-refractivity contribution in [3.05, 3.63) is 0 Å². The summed E-state index contributed by atoms with van der Waals surface area (Å²) in [5.74, 6) is 0. The molecule has 12 nitrogen and oxygen atoms in total. The van der Waals surface area contributed by atoms with Crippen LogP contribution in [0.5, 0.6) is 0 Å². The minimum Gasteiger partial charge on any atom is -0.742 e. The summed E-state index contributed by atoms with van der Waals surface area (Å²) in [6.45, 7) is 2.13. The van der Waals surface area contributed by atoms with Gasteiger partial charge in [-0.05, 0) is 0 Å². The van der Waals surface area contributed by atoms with Crippen molar-refractivity contribution in [2.45, 2.75) is 20.8 Å². The summed E-state index contributed by atoms with van der Waals surface area (Å²) in [6, 6.07) is 0. The number of carbonyl (C=O) groups is 3. The van der Waals surface area contributed by atoms with E-state index >= 15 is 0 Å². The van der Waals surface area contributed by atoms with Crippen molar-refractivity contribution in [2.75, 3.05) is 0 Å². The van der Waals surface area contributed by atoms with Crippen LogP contribution in [0.1, 0.15) is 20.8 Å². The van der Waals surface area contributed by atoms with Crippen molar-refractivity contribution < 1.29 is 53.3 Å². The average molecular weight is 396 g/mol. The zero-order valence-corrected chi connectivity index (χ0v) is 14.8. The Labute approximate surface area is 137 Å². The Balaban J connectivity index is -0.000000108. The fraction of sp³-hybridized carbons (Fsp3) is 0.500. The molecule has 126 valence electrons. The van der Waals surface area contributed by atoms with E-state index < -0.39 is 45.7 Å². The fourth-order valence-corrected chi connectivity index (χ4v) is 0. The van der Waals surface area contributed by atoms with Crippen molar-refractivity contribution in [1.82, 2.24) is 0 Å². The summed E-state index contributed by atoms with van der Waals surface area (Å²) in [7, 11) is -13.9. The van der Waals surface area contributed by atoms with E-state index in [0.29, 0.717) is 20.8 Å². The van der Waals surface area contributed by atoms with Crippen LogP contribution in [0.2, 0.25) is 0 Å². The Bertz CT molecular complexity index is 598. The summed E-state index contributed by atoms with van der Waals surface area (Å²) in [6.07, 6.45) is 0. The molecule has 0 bridgehead atoms. The molecule has 0 saturated carbocycles. The smallest absolute Gasteiger partial charge is 0.742 e. The molecule has 0 aromatic rings. The number of hydrogen-bond acceptors (Lipinski definition) is 12. The van der Waals surface area contributed by atoms with Crippen molar-refractivity contribution in [1.29, 1.82) is 0 Å². The Morgan fingerprint density at radius 2 is 0.591 bits per heavy atom. The third-order valence-corrected chi connectivity index (χ3v) is 3.17. The normalized spacial score (nSPS) is 10.6. The summed E-state index contributed by atoms with van der Waals surface area (Å²) in [5, 5.41) is -4.02. The first-order chi connectivity index (χ1) is 8.83. The minimum absolute atomic E-state index is 0. The van der Waals surface area contributed by atoms with Gasteiger partial charge in [-0.3, -0.25) is 14.4 Å². The maximum Gasteiger partial charge on any atom is 3.00 e. The predicted octanol–water partition coefficient (Wildman–Crippen LogP) is -3.15. The van der Waals surface area contributed by atoms with Gasteiger partial charge >= 0.3 is 17.4 Å². The van der Waals surface area contributed by atoms with Crippen LogP contribution >= 0.6 is 0 Å². The fourth-order valence-electron chi connectivity index (χ4n) is 0. The van der Waals surface area contributed by atoms with Gasteiger partial charge in [0.1, 0.15) is 0 Å². The molecule has 0 amide bonds. The molecular formula is C6H9AlO12S3. The number of hydrogen-bond donors (Lipinski definition) is 0. The molecule has 0 aromatic carbocycles. The van der Waals surface area contributed by atoms with Crippen LogP contribution in [-0.2, 0) is 44.7 Å². The Hall–Kier alpha value is -0.728. The molecule has 0 aromatic heterocycles. The van der Waals surface area contributed by atoms with Crippen molar-refractivity contribution in [3.63, 3.8) is 0 Å². The van der Waals surface area contributed by atoms with Gasteiger partial charge in [0.15, 0.2) is 30.4 Å². The Morgan fingerprint density at radius 1 is 0.545 bits per heavy atom. The monoisotopic (exact) mass is 396 g/mol. The molecule has 22 heavy (non-hydrogen) atoms. The van der Waals surface area contributed by atoms with Crippen LogP contribution in [0.15, 0.2) is 0 Å². The van der Waals surface area contributed by atoms with Crippen molar-refractivity contribution in [3.8, 4) is 0 Å². The van der Waals surface area contributed by atoms with Gasteiger partial charge in [0.2, 0.25) is 15.3 Å². The Morgan fingerprint density at radius 3 is 0.591 bits per heavy atom. The van der Waals surface area contributed by atoms with Gasteiger partial charge in [-0.15, -0.1) is 0 Å². The van der Waals surface area contributed by atoms with Gasteiger partial charge in [0.25, 0.3) is 0 Å². The van der Waals surface area contributed by atoms with Crippen LogP contribution in [0.25, 0.3) is 0 Å². The molecule has 0 atom stereocenters. The SMILES string of the molecule is CC(=O)S(=O)(=O)[O-].CC(=O)S(=O)(=O)[O-].CC(=O)S(=O)(=O)[O-].[Al+3]. The van der Waals surface area contributed by atoms with Crippen molar-refractivity contribution >= 4 is 63.1 Å². The van der Waals surface area contributed by atoms with Gasteiger partial charge in [0.05, 0.1) is 0 Å². The quantitative estimate of drug-likeness (QED) is 0.292. The summed E-state index contributed by atoms with van der Waals surface area (Å²) in [4.78, 5) is 28.7. The van der Waals surface area contributed by atoms with Gasteiger partial charge < -0.3 is 13.7 Å². The molecule has 0 rings (SSSR count). The van der Waals surface area contributed by atoms with Gasteiger partial charge in [-0.2, -0.15) is 0 Å². The maximum atomic E-state index is 9.56. The third kappa shape index (κ3) is 21.6. The van der Waals surface area contributed by atoms with E-state index in [1.165, 1.54) is 0 Å². The zero-order valence-electron chi connectivity index (χ0n) is 11.2. The first-order valence-electron chi connectivity index (χ1n) is 4.22. The van der Waals surface area contributed by atoms with E-state index in [0.717, 1.165) is 0 Å². The molecule has 16 heteroatoms. The molecule has 0 aliphatic carbocycles. The van der Waals surface area contributed by atoms with E-state index in [2.05, 4.69) is 0 Å². The summed E-state index contributed by atoms with van der Waals surface area (Å²) < 4.78 is 84.8. The van der Waals surface area contributed by atoms with Crippen LogP contribution in [-0.4, -0.2) is 71.6 Å². The summed E-state index contributed by atoms with van der Waals surface area (Å²) in [5.41, 5.74) is 0. The summed E-state index contributed by atoms with van der Waals surface area (Å²) >= 11 is 0. The second kappa shape index (κ2) is 10.9. The van der Waals surface area contributed by atoms with Gasteiger partial charge in [0, 0.05) is 20.8 Å². The van der Waals surface area contributed by atoms with Gasteiger partial charge in [-0.1, -0.05) is 0 Å². The molecule has 0 heterocycles. The second-order valence-corrected chi connectivity index (χ2v) is 7.29. The van der Waals surface area contributed by atoms with E-state index in [1.807, 2.05) is 0 Å². The average Bonchev–Trinajstić information content (AvgIpc) is 2.14. The molecular weight excluding hydrogens is 387 g/mol.